The highest BCUT2D eigenvalue weighted by atomic mass is 32.2. The van der Waals surface area contributed by atoms with Gasteiger partial charge in [0, 0.05) is 49.2 Å². The van der Waals surface area contributed by atoms with Gasteiger partial charge in [-0.15, -0.1) is 0 Å². The molecular formula is C15H18N2O4S. The predicted molar refractivity (Wildman–Crippen MR) is 82.4 cm³/mol. The molecule has 0 saturated carbocycles. The monoisotopic (exact) mass is 322 g/mol. The van der Waals surface area contributed by atoms with Gasteiger partial charge in [0.05, 0.1) is 10.1 Å². The van der Waals surface area contributed by atoms with Gasteiger partial charge in [-0.2, -0.15) is 4.57 Å². The number of aromatic nitrogens is 1. The quantitative estimate of drug-likeness (QED) is 0.664. The molecule has 0 aliphatic heterocycles. The van der Waals surface area contributed by atoms with Crippen molar-refractivity contribution in [2.24, 2.45) is 0 Å². The lowest BCUT2D eigenvalue weighted by Gasteiger charge is -2.08. The van der Waals surface area contributed by atoms with Crippen LogP contribution in [0.15, 0.2) is 30.3 Å². The Morgan fingerprint density at radius 3 is 2.64 bits per heavy atom. The molecule has 0 spiro atoms. The van der Waals surface area contributed by atoms with Gasteiger partial charge in [-0.1, -0.05) is 0 Å². The molecule has 1 N–H and O–H groups in total. The fourth-order valence-corrected chi connectivity index (χ4v) is 2.88. The third-order valence-corrected chi connectivity index (χ3v) is 4.13. The van der Waals surface area contributed by atoms with E-state index in [1.807, 2.05) is 35.8 Å². The second-order valence-electron chi connectivity index (χ2n) is 5.20. The summed E-state index contributed by atoms with van der Waals surface area (Å²) in [6.45, 7) is 3.82. The summed E-state index contributed by atoms with van der Waals surface area (Å²) in [7, 11) is -4.19. The summed E-state index contributed by atoms with van der Waals surface area (Å²) in [4.78, 5) is 11.1. The van der Waals surface area contributed by atoms with Crippen molar-refractivity contribution < 1.29 is 22.3 Å². The molecule has 1 aromatic carbocycles. The van der Waals surface area contributed by atoms with E-state index in [-0.39, 0.29) is 18.1 Å². The van der Waals surface area contributed by atoms with Crippen molar-refractivity contribution >= 4 is 32.6 Å². The predicted octanol–water partition coefficient (Wildman–Crippen LogP) is 1.33. The average Bonchev–Trinajstić information content (AvgIpc) is 2.39. The maximum absolute atomic E-state index is 11.1. The van der Waals surface area contributed by atoms with Gasteiger partial charge < -0.3 is 9.87 Å². The van der Waals surface area contributed by atoms with E-state index in [2.05, 4.69) is 5.32 Å². The van der Waals surface area contributed by atoms with Gasteiger partial charge in [-0.3, -0.25) is 4.79 Å². The van der Waals surface area contributed by atoms with E-state index in [9.17, 15) is 17.8 Å². The molecular weight excluding hydrogens is 304 g/mol. The fourth-order valence-electron chi connectivity index (χ4n) is 2.40. The number of carbonyl (C=O) groups is 1. The first-order valence-electron chi connectivity index (χ1n) is 6.90. The van der Waals surface area contributed by atoms with E-state index >= 15 is 0 Å². The van der Waals surface area contributed by atoms with Crippen molar-refractivity contribution in [2.75, 3.05) is 11.1 Å². The van der Waals surface area contributed by atoms with Gasteiger partial charge in [0.15, 0.2) is 5.69 Å². The molecule has 7 heteroatoms. The summed E-state index contributed by atoms with van der Waals surface area (Å²) in [5, 5.41) is 3.66. The van der Waals surface area contributed by atoms with Gasteiger partial charge >= 0.3 is 0 Å². The Kier molecular flexibility index (Phi) is 4.77. The molecule has 0 unspecified atom stereocenters. The highest BCUT2D eigenvalue weighted by molar-refractivity contribution is 7.85. The number of fused-ring (bicyclic) bond motifs is 1. The molecule has 0 bridgehead atoms. The van der Waals surface area contributed by atoms with Crippen LogP contribution in [0.4, 0.5) is 5.69 Å². The molecule has 22 heavy (non-hydrogen) atoms. The van der Waals surface area contributed by atoms with E-state index in [0.717, 1.165) is 16.6 Å². The Balaban J connectivity index is 2.32. The highest BCUT2D eigenvalue weighted by Crippen LogP contribution is 2.17. The zero-order valence-corrected chi connectivity index (χ0v) is 13.3. The fraction of sp³-hybridized carbons (Fsp3) is 0.333. The summed E-state index contributed by atoms with van der Waals surface area (Å²) in [6.07, 6.45) is 0.268. The lowest BCUT2D eigenvalue weighted by Crippen LogP contribution is -2.38. The van der Waals surface area contributed by atoms with E-state index in [4.69, 9.17) is 0 Å². The standard InChI is InChI=1S/C15H18N2O4S/c1-11-4-5-13-10-14(16-12(2)18)6-7-15(13)17(11)8-3-9-22(19,20)21/h4-7,10H,3,8-9H2,1-2H3,(H-,16,18,19,20,21). The minimum atomic E-state index is -4.19. The first-order chi connectivity index (χ1) is 10.3. The normalized spacial score (nSPS) is 11.6. The van der Waals surface area contributed by atoms with E-state index in [1.165, 1.54) is 6.92 Å². The van der Waals surface area contributed by atoms with Crippen molar-refractivity contribution in [3.63, 3.8) is 0 Å². The van der Waals surface area contributed by atoms with Crippen LogP contribution >= 0.6 is 0 Å². The molecule has 0 aliphatic rings. The number of hydrogen-bond donors (Lipinski definition) is 1. The maximum atomic E-state index is 11.1. The number of amides is 1. The van der Waals surface area contributed by atoms with Crippen LogP contribution in [0.3, 0.4) is 0 Å². The number of benzene rings is 1. The Labute approximate surface area is 129 Å². The number of carbonyl (C=O) groups excluding carboxylic acids is 1. The van der Waals surface area contributed by atoms with Crippen molar-refractivity contribution in [1.82, 2.24) is 0 Å². The van der Waals surface area contributed by atoms with Crippen molar-refractivity contribution in [3.05, 3.63) is 36.0 Å². The van der Waals surface area contributed by atoms with Crippen LogP contribution in [-0.4, -0.2) is 24.6 Å². The largest absolute Gasteiger partial charge is 0.748 e. The molecule has 0 fully saturated rings. The first-order valence-corrected chi connectivity index (χ1v) is 8.48. The van der Waals surface area contributed by atoms with Crippen molar-refractivity contribution in [3.8, 4) is 0 Å². The SMILES string of the molecule is CC(=O)Nc1ccc2c(ccc(C)[n+]2CCCS(=O)(=O)[O-])c1. The van der Waals surface area contributed by atoms with Crippen LogP contribution in [0.5, 0.6) is 0 Å². The third kappa shape index (κ3) is 4.25. The Hall–Kier alpha value is -1.99. The van der Waals surface area contributed by atoms with Gasteiger partial charge in [0.25, 0.3) is 0 Å². The lowest BCUT2D eigenvalue weighted by molar-refractivity contribution is -0.677. The number of anilines is 1. The zero-order chi connectivity index (χ0) is 16.3. The van der Waals surface area contributed by atoms with Crippen molar-refractivity contribution in [1.29, 1.82) is 0 Å². The second-order valence-corrected chi connectivity index (χ2v) is 6.72. The smallest absolute Gasteiger partial charge is 0.221 e. The number of rotatable bonds is 5. The second kappa shape index (κ2) is 6.41. The zero-order valence-electron chi connectivity index (χ0n) is 12.5. The number of aryl methyl sites for hydroxylation is 2. The first kappa shape index (κ1) is 16.4. The Morgan fingerprint density at radius 1 is 1.27 bits per heavy atom. The maximum Gasteiger partial charge on any atom is 0.221 e. The van der Waals surface area contributed by atoms with Crippen LogP contribution in [0, 0.1) is 6.92 Å². The van der Waals surface area contributed by atoms with Gasteiger partial charge in [0.1, 0.15) is 6.54 Å². The molecule has 1 heterocycles. The van der Waals surface area contributed by atoms with Gasteiger partial charge in [-0.25, -0.2) is 8.42 Å². The molecule has 0 radical (unpaired) electrons. The number of pyridine rings is 1. The minimum absolute atomic E-state index is 0.139. The molecule has 2 rings (SSSR count). The third-order valence-electron chi connectivity index (χ3n) is 3.34. The van der Waals surface area contributed by atoms with E-state index in [0.29, 0.717) is 12.2 Å². The van der Waals surface area contributed by atoms with E-state index < -0.39 is 10.1 Å². The molecule has 1 aromatic heterocycles. The molecule has 0 saturated heterocycles. The van der Waals surface area contributed by atoms with Crippen LogP contribution < -0.4 is 9.88 Å². The Morgan fingerprint density at radius 2 is 2.00 bits per heavy atom. The lowest BCUT2D eigenvalue weighted by atomic mass is 10.1. The van der Waals surface area contributed by atoms with E-state index in [1.54, 1.807) is 6.07 Å². The Bertz CT molecular complexity index is 816. The average molecular weight is 322 g/mol. The summed E-state index contributed by atoms with van der Waals surface area (Å²) in [5.74, 6) is -0.514. The van der Waals surface area contributed by atoms with Crippen LogP contribution in [-0.2, 0) is 21.5 Å². The molecule has 0 aliphatic carbocycles. The summed E-state index contributed by atoms with van der Waals surface area (Å²) >= 11 is 0. The number of nitrogens with zero attached hydrogens (tertiary/aromatic N) is 1. The molecule has 2 aromatic rings. The molecule has 0 atom stereocenters. The molecule has 6 nitrogen and oxygen atoms in total. The highest BCUT2D eigenvalue weighted by Gasteiger charge is 2.13. The summed E-state index contributed by atoms with van der Waals surface area (Å²) in [5.41, 5.74) is 2.61. The van der Waals surface area contributed by atoms with Crippen LogP contribution in [0.2, 0.25) is 0 Å². The van der Waals surface area contributed by atoms with Crippen LogP contribution in [0.25, 0.3) is 10.9 Å². The van der Waals surface area contributed by atoms with Gasteiger partial charge in [-0.05, 0) is 18.2 Å². The van der Waals surface area contributed by atoms with Crippen LogP contribution in [0.1, 0.15) is 19.0 Å². The number of hydrogen-bond acceptors (Lipinski definition) is 4. The van der Waals surface area contributed by atoms with Gasteiger partial charge in [0.2, 0.25) is 11.4 Å². The van der Waals surface area contributed by atoms with Crippen molar-refractivity contribution in [2.45, 2.75) is 26.8 Å². The summed E-state index contributed by atoms with van der Waals surface area (Å²) in [6, 6.07) is 9.39. The molecule has 1 amide bonds. The topological polar surface area (TPSA) is 90.2 Å². The summed E-state index contributed by atoms with van der Waals surface area (Å²) < 4.78 is 34.1. The minimum Gasteiger partial charge on any atom is -0.748 e. The molecule has 118 valence electrons. The number of nitrogens with one attached hydrogen (secondary N) is 1.